The van der Waals surface area contributed by atoms with Crippen molar-refractivity contribution in [3.63, 3.8) is 0 Å². The molecule has 3 aromatic rings. The third kappa shape index (κ3) is 5.61. The van der Waals surface area contributed by atoms with E-state index in [1.54, 1.807) is 60.8 Å². The molecule has 174 valence electrons. The van der Waals surface area contributed by atoms with E-state index in [-0.39, 0.29) is 10.8 Å². The van der Waals surface area contributed by atoms with Crippen LogP contribution in [0.4, 0.5) is 0 Å². The second-order valence-electron chi connectivity index (χ2n) is 8.42. The average molecular weight is 476 g/mol. The molecule has 0 saturated carbocycles. The van der Waals surface area contributed by atoms with Crippen LogP contribution in [0.25, 0.3) is 11.1 Å². The zero-order chi connectivity index (χ0) is 24.1. The summed E-state index contributed by atoms with van der Waals surface area (Å²) < 4.78 is 29.1. The van der Waals surface area contributed by atoms with Gasteiger partial charge in [-0.1, -0.05) is 18.2 Å². The molecule has 0 radical (unpaired) electrons. The molecule has 1 aromatic heterocycles. The number of likely N-dealkylation sites (tertiary alicyclic amines) is 1. The van der Waals surface area contributed by atoms with Gasteiger partial charge in [0.15, 0.2) is 9.84 Å². The molecule has 8 heteroatoms. The molecular formula is C26H25N3O4S. The van der Waals surface area contributed by atoms with Gasteiger partial charge in [-0.15, -0.1) is 0 Å². The number of benzene rings is 2. The second kappa shape index (κ2) is 10.1. The molecule has 0 unspecified atom stereocenters. The average Bonchev–Trinajstić information content (AvgIpc) is 2.87. The van der Waals surface area contributed by atoms with Crippen LogP contribution in [0.5, 0.6) is 5.88 Å². The maximum absolute atomic E-state index is 12.7. The third-order valence-corrected chi connectivity index (χ3v) is 7.09. The van der Waals surface area contributed by atoms with Crippen molar-refractivity contribution >= 4 is 15.7 Å². The number of piperidine rings is 1. The highest BCUT2D eigenvalue weighted by Crippen LogP contribution is 2.24. The SMILES string of the molecule is CS(=O)(=O)c1ccc(-c2ccc(OCC3CCN(C(=O)c4cccc(C#N)c4)CC3)nc2)cc1. The van der Waals surface area contributed by atoms with Crippen LogP contribution < -0.4 is 4.74 Å². The van der Waals surface area contributed by atoms with Crippen molar-refractivity contribution in [2.24, 2.45) is 5.92 Å². The summed E-state index contributed by atoms with van der Waals surface area (Å²) in [6, 6.07) is 19.3. The van der Waals surface area contributed by atoms with Crippen molar-refractivity contribution in [3.05, 3.63) is 78.0 Å². The predicted octanol–water partition coefficient (Wildman–Crippen LogP) is 3.95. The number of nitrogens with zero attached hydrogens (tertiary/aromatic N) is 3. The van der Waals surface area contributed by atoms with Crippen molar-refractivity contribution in [2.45, 2.75) is 17.7 Å². The standard InChI is InChI=1S/C26H25N3O4S/c1-34(31,32)24-8-5-21(6-9-24)23-7-10-25(28-17-23)33-18-19-11-13-29(14-12-19)26(30)22-4-2-3-20(15-22)16-27/h2-10,15,17,19H,11-14,18H2,1H3. The van der Waals surface area contributed by atoms with E-state index in [4.69, 9.17) is 10.00 Å². The Balaban J connectivity index is 1.28. The van der Waals surface area contributed by atoms with Gasteiger partial charge in [-0.25, -0.2) is 13.4 Å². The predicted molar refractivity (Wildman–Crippen MR) is 128 cm³/mol. The van der Waals surface area contributed by atoms with Gasteiger partial charge in [0.05, 0.1) is 23.1 Å². The Morgan fingerprint density at radius 3 is 2.41 bits per heavy atom. The number of hydrogen-bond acceptors (Lipinski definition) is 6. The summed E-state index contributed by atoms with van der Waals surface area (Å²) in [6.45, 7) is 1.83. The van der Waals surface area contributed by atoms with E-state index in [2.05, 4.69) is 11.1 Å². The van der Waals surface area contributed by atoms with E-state index in [1.807, 2.05) is 11.0 Å². The number of sulfone groups is 1. The quantitative estimate of drug-likeness (QED) is 0.535. The van der Waals surface area contributed by atoms with Gasteiger partial charge in [0.1, 0.15) is 0 Å². The molecular weight excluding hydrogens is 450 g/mol. The van der Waals surface area contributed by atoms with E-state index in [0.717, 1.165) is 24.0 Å². The Bertz CT molecular complexity index is 1310. The summed E-state index contributed by atoms with van der Waals surface area (Å²) in [6.07, 6.45) is 4.58. The highest BCUT2D eigenvalue weighted by Gasteiger charge is 2.24. The molecule has 0 aliphatic carbocycles. The fourth-order valence-corrected chi connectivity index (χ4v) is 4.57. The van der Waals surface area contributed by atoms with Crippen molar-refractivity contribution in [2.75, 3.05) is 26.0 Å². The first-order valence-corrected chi connectivity index (χ1v) is 12.9. The zero-order valence-corrected chi connectivity index (χ0v) is 19.7. The molecule has 0 spiro atoms. The summed E-state index contributed by atoms with van der Waals surface area (Å²) in [5.41, 5.74) is 2.78. The van der Waals surface area contributed by atoms with Crippen molar-refractivity contribution in [1.29, 1.82) is 5.26 Å². The molecule has 0 N–H and O–H groups in total. The van der Waals surface area contributed by atoms with Crippen LogP contribution in [-0.4, -0.2) is 50.2 Å². The van der Waals surface area contributed by atoms with Crippen molar-refractivity contribution < 1.29 is 17.9 Å². The van der Waals surface area contributed by atoms with Crippen LogP contribution in [0.15, 0.2) is 71.8 Å². The van der Waals surface area contributed by atoms with Crippen LogP contribution in [0, 0.1) is 17.2 Å². The number of hydrogen-bond donors (Lipinski definition) is 0. The van der Waals surface area contributed by atoms with Gasteiger partial charge < -0.3 is 9.64 Å². The lowest BCUT2D eigenvalue weighted by Crippen LogP contribution is -2.39. The van der Waals surface area contributed by atoms with Crippen LogP contribution in [0.2, 0.25) is 0 Å². The highest BCUT2D eigenvalue weighted by atomic mass is 32.2. The maximum Gasteiger partial charge on any atom is 0.253 e. The molecule has 34 heavy (non-hydrogen) atoms. The molecule has 1 aliphatic heterocycles. The lowest BCUT2D eigenvalue weighted by atomic mass is 9.97. The Kier molecular flexibility index (Phi) is 6.94. The van der Waals surface area contributed by atoms with Gasteiger partial charge in [0.25, 0.3) is 5.91 Å². The fourth-order valence-electron chi connectivity index (χ4n) is 3.94. The molecule has 0 bridgehead atoms. The van der Waals surface area contributed by atoms with Gasteiger partial charge in [-0.05, 0) is 60.7 Å². The molecule has 0 atom stereocenters. The van der Waals surface area contributed by atoms with Crippen LogP contribution in [-0.2, 0) is 9.84 Å². The first-order chi connectivity index (χ1) is 16.3. The molecule has 2 aromatic carbocycles. The Labute approximate surface area is 199 Å². The molecule has 7 nitrogen and oxygen atoms in total. The topological polar surface area (TPSA) is 100 Å². The van der Waals surface area contributed by atoms with Crippen molar-refractivity contribution in [3.8, 4) is 23.1 Å². The summed E-state index contributed by atoms with van der Waals surface area (Å²) in [5.74, 6) is 0.820. The van der Waals surface area contributed by atoms with E-state index in [9.17, 15) is 13.2 Å². The lowest BCUT2D eigenvalue weighted by Gasteiger charge is -2.32. The van der Waals surface area contributed by atoms with E-state index >= 15 is 0 Å². The molecule has 1 aliphatic rings. The minimum atomic E-state index is -3.22. The zero-order valence-electron chi connectivity index (χ0n) is 18.8. The first kappa shape index (κ1) is 23.5. The van der Waals surface area contributed by atoms with Gasteiger partial charge in [-0.2, -0.15) is 5.26 Å². The van der Waals surface area contributed by atoms with E-state index < -0.39 is 9.84 Å². The second-order valence-corrected chi connectivity index (χ2v) is 10.4. The monoisotopic (exact) mass is 475 g/mol. The van der Waals surface area contributed by atoms with Crippen LogP contribution >= 0.6 is 0 Å². The number of amides is 1. The summed E-state index contributed by atoms with van der Waals surface area (Å²) in [7, 11) is -3.22. The number of pyridine rings is 1. The minimum Gasteiger partial charge on any atom is -0.477 e. The maximum atomic E-state index is 12.7. The number of nitriles is 1. The molecule has 1 amide bonds. The smallest absolute Gasteiger partial charge is 0.253 e. The summed E-state index contributed by atoms with van der Waals surface area (Å²) >= 11 is 0. The number of rotatable bonds is 6. The van der Waals surface area contributed by atoms with Gasteiger partial charge >= 0.3 is 0 Å². The summed E-state index contributed by atoms with van der Waals surface area (Å²) in [4.78, 5) is 19.2. The van der Waals surface area contributed by atoms with Gasteiger partial charge in [0, 0.05) is 42.7 Å². The largest absolute Gasteiger partial charge is 0.477 e. The fraction of sp³-hybridized carbons (Fsp3) is 0.269. The van der Waals surface area contributed by atoms with Crippen LogP contribution in [0.1, 0.15) is 28.8 Å². The van der Waals surface area contributed by atoms with E-state index in [0.29, 0.717) is 42.6 Å². The Morgan fingerprint density at radius 1 is 1.09 bits per heavy atom. The van der Waals surface area contributed by atoms with Crippen molar-refractivity contribution in [1.82, 2.24) is 9.88 Å². The number of aromatic nitrogens is 1. The summed E-state index contributed by atoms with van der Waals surface area (Å²) in [5, 5.41) is 9.04. The Hall–Kier alpha value is -3.70. The van der Waals surface area contributed by atoms with Gasteiger partial charge in [-0.3, -0.25) is 4.79 Å². The van der Waals surface area contributed by atoms with Gasteiger partial charge in [0.2, 0.25) is 5.88 Å². The number of carbonyl (C=O) groups excluding carboxylic acids is 1. The molecule has 1 fully saturated rings. The number of carbonyl (C=O) groups is 1. The lowest BCUT2D eigenvalue weighted by molar-refractivity contribution is 0.0659. The van der Waals surface area contributed by atoms with Crippen LogP contribution in [0.3, 0.4) is 0 Å². The first-order valence-electron chi connectivity index (χ1n) is 11.0. The normalized spacial score (nSPS) is 14.4. The molecule has 4 rings (SSSR count). The highest BCUT2D eigenvalue weighted by molar-refractivity contribution is 7.90. The third-order valence-electron chi connectivity index (χ3n) is 5.96. The molecule has 2 heterocycles. The minimum absolute atomic E-state index is 0.0432. The van der Waals surface area contributed by atoms with E-state index in [1.165, 1.54) is 6.26 Å². The number of ether oxygens (including phenoxy) is 1. The molecule has 1 saturated heterocycles. The Morgan fingerprint density at radius 2 is 1.79 bits per heavy atom.